The van der Waals surface area contributed by atoms with E-state index in [1.54, 1.807) is 32.0 Å². The highest BCUT2D eigenvalue weighted by Crippen LogP contribution is 2.41. The van der Waals surface area contributed by atoms with E-state index in [1.165, 1.54) is 6.08 Å². The molecule has 3 nitrogen and oxygen atoms in total. The molecule has 0 aliphatic carbocycles. The van der Waals surface area contributed by atoms with Crippen LogP contribution >= 0.6 is 50.7 Å². The summed E-state index contributed by atoms with van der Waals surface area (Å²) in [5, 5.41) is -0.133. The minimum Gasteiger partial charge on any atom is -0.402 e. The van der Waals surface area contributed by atoms with E-state index in [-0.39, 0.29) is 32.2 Å². The second kappa shape index (κ2) is 9.59. The van der Waals surface area contributed by atoms with Crippen molar-refractivity contribution in [3.63, 3.8) is 0 Å². The maximum absolute atomic E-state index is 13.7. The molecule has 0 radical (unpaired) electrons. The number of halogens is 7. The zero-order valence-electron chi connectivity index (χ0n) is 16.5. The third kappa shape index (κ3) is 5.39. The fraction of sp³-hybridized carbons (Fsp3) is 0.182. The molecule has 0 aromatic heterocycles. The summed E-state index contributed by atoms with van der Waals surface area (Å²) in [6.45, 7) is 3.48. The standard InChI is InChI=1S/C22H14BrCl3F3NO2/c1-10(2)19-21(31)32-20(30-19)13-5-3-11(7-15(13)23)4-6-14(22(27,28)29)12-8-16(24)18(26)17(25)9-12/h3-9,14H,1-2H3/b6-4+. The molecule has 2 aromatic rings. The molecule has 1 heterocycles. The molecule has 0 spiro atoms. The van der Waals surface area contributed by atoms with Gasteiger partial charge in [0.15, 0.2) is 5.70 Å². The number of nitrogens with zero attached hydrogens (tertiary/aromatic N) is 1. The van der Waals surface area contributed by atoms with Crippen molar-refractivity contribution in [3.8, 4) is 0 Å². The zero-order valence-corrected chi connectivity index (χ0v) is 20.4. The summed E-state index contributed by atoms with van der Waals surface area (Å²) in [7, 11) is 0. The predicted octanol–water partition coefficient (Wildman–Crippen LogP) is 8.37. The first-order valence-corrected chi connectivity index (χ1v) is 11.0. The number of esters is 1. The molecule has 0 saturated heterocycles. The lowest BCUT2D eigenvalue weighted by molar-refractivity contribution is -0.139. The minimum absolute atomic E-state index is 0.00620. The molecule has 0 saturated carbocycles. The van der Waals surface area contributed by atoms with Gasteiger partial charge in [0.2, 0.25) is 5.90 Å². The van der Waals surface area contributed by atoms with Gasteiger partial charge in [-0.2, -0.15) is 13.2 Å². The Hall–Kier alpha value is -1.80. The maximum Gasteiger partial charge on any atom is 0.399 e. The zero-order chi connectivity index (χ0) is 23.8. The van der Waals surface area contributed by atoms with E-state index in [9.17, 15) is 18.0 Å². The topological polar surface area (TPSA) is 38.7 Å². The van der Waals surface area contributed by atoms with E-state index >= 15 is 0 Å². The van der Waals surface area contributed by atoms with Crippen molar-refractivity contribution in [1.82, 2.24) is 0 Å². The second-order valence-electron chi connectivity index (χ2n) is 7.07. The number of ether oxygens (including phenoxy) is 1. The first-order valence-electron chi connectivity index (χ1n) is 9.06. The van der Waals surface area contributed by atoms with Crippen molar-refractivity contribution < 1.29 is 22.7 Å². The molecular formula is C22H14BrCl3F3NO2. The van der Waals surface area contributed by atoms with Crippen LogP contribution in [-0.4, -0.2) is 18.0 Å². The normalized spacial score (nSPS) is 15.2. The molecule has 0 amide bonds. The molecular weight excluding hydrogens is 554 g/mol. The summed E-state index contributed by atoms with van der Waals surface area (Å²) < 4.78 is 46.8. The Balaban J connectivity index is 1.93. The van der Waals surface area contributed by atoms with Gasteiger partial charge in [0, 0.05) is 4.47 Å². The van der Waals surface area contributed by atoms with E-state index in [1.807, 2.05) is 0 Å². The lowest BCUT2D eigenvalue weighted by Gasteiger charge is -2.18. The highest BCUT2D eigenvalue weighted by Gasteiger charge is 2.39. The Labute approximate surface area is 205 Å². The van der Waals surface area contributed by atoms with E-state index in [0.29, 0.717) is 21.2 Å². The van der Waals surface area contributed by atoms with Gasteiger partial charge in [-0.3, -0.25) is 0 Å². The maximum atomic E-state index is 13.7. The van der Waals surface area contributed by atoms with Crippen molar-refractivity contribution in [2.45, 2.75) is 25.9 Å². The van der Waals surface area contributed by atoms with E-state index in [4.69, 9.17) is 39.5 Å². The highest BCUT2D eigenvalue weighted by atomic mass is 79.9. The Morgan fingerprint density at radius 2 is 1.75 bits per heavy atom. The van der Waals surface area contributed by atoms with Crippen LogP contribution < -0.4 is 0 Å². The average Bonchev–Trinajstić information content (AvgIpc) is 3.07. The van der Waals surface area contributed by atoms with E-state index < -0.39 is 18.1 Å². The lowest BCUT2D eigenvalue weighted by Crippen LogP contribution is -2.19. The predicted molar refractivity (Wildman–Crippen MR) is 124 cm³/mol. The van der Waals surface area contributed by atoms with Gasteiger partial charge in [-0.15, -0.1) is 0 Å². The fourth-order valence-corrected chi connectivity index (χ4v) is 4.10. The first-order chi connectivity index (χ1) is 14.9. The number of carbonyl (C=O) groups excluding carboxylic acids is 1. The van der Waals surface area contributed by atoms with Crippen LogP contribution in [0.1, 0.15) is 36.5 Å². The van der Waals surface area contributed by atoms with Gasteiger partial charge in [-0.05, 0) is 70.7 Å². The number of allylic oxidation sites excluding steroid dienone is 2. The molecule has 1 atom stereocenters. The molecule has 1 aliphatic rings. The van der Waals surface area contributed by atoms with Crippen LogP contribution in [0.5, 0.6) is 0 Å². The number of carbonyl (C=O) groups is 1. The summed E-state index contributed by atoms with van der Waals surface area (Å²) >= 11 is 21.0. The molecule has 1 aliphatic heterocycles. The second-order valence-corrected chi connectivity index (χ2v) is 9.12. The number of hydrogen-bond donors (Lipinski definition) is 0. The summed E-state index contributed by atoms with van der Waals surface area (Å²) in [5.74, 6) is -2.38. The average molecular weight is 568 g/mol. The van der Waals surface area contributed by atoms with Crippen molar-refractivity contribution in [2.24, 2.45) is 4.99 Å². The summed E-state index contributed by atoms with van der Waals surface area (Å²) in [4.78, 5) is 16.1. The van der Waals surface area contributed by atoms with Crippen molar-refractivity contribution in [2.75, 3.05) is 0 Å². The third-order valence-electron chi connectivity index (χ3n) is 4.49. The molecule has 10 heteroatoms. The first kappa shape index (κ1) is 24.8. The summed E-state index contributed by atoms with van der Waals surface area (Å²) in [5.41, 5.74) is 1.78. The van der Waals surface area contributed by atoms with Crippen molar-refractivity contribution in [1.29, 1.82) is 0 Å². The van der Waals surface area contributed by atoms with Crippen LogP contribution in [0.2, 0.25) is 15.1 Å². The quantitative estimate of drug-likeness (QED) is 0.212. The molecule has 0 N–H and O–H groups in total. The number of hydrogen-bond acceptors (Lipinski definition) is 3. The largest absolute Gasteiger partial charge is 0.402 e. The number of cyclic esters (lactones) is 1. The van der Waals surface area contributed by atoms with E-state index in [0.717, 1.165) is 18.2 Å². The van der Waals surface area contributed by atoms with Crippen LogP contribution in [0.4, 0.5) is 13.2 Å². The molecule has 168 valence electrons. The minimum atomic E-state index is -4.58. The van der Waals surface area contributed by atoms with E-state index in [2.05, 4.69) is 20.9 Å². The molecule has 1 unspecified atom stereocenters. The molecule has 32 heavy (non-hydrogen) atoms. The van der Waals surface area contributed by atoms with Crippen LogP contribution in [0.15, 0.2) is 57.1 Å². The molecule has 2 aromatic carbocycles. The molecule has 3 rings (SSSR count). The van der Waals surface area contributed by atoms with Crippen molar-refractivity contribution in [3.05, 3.63) is 83.9 Å². The van der Waals surface area contributed by atoms with Gasteiger partial charge in [0.25, 0.3) is 0 Å². The van der Waals surface area contributed by atoms with Gasteiger partial charge in [0.05, 0.1) is 26.5 Å². The van der Waals surface area contributed by atoms with Crippen LogP contribution in [0.3, 0.4) is 0 Å². The van der Waals surface area contributed by atoms with Crippen LogP contribution in [-0.2, 0) is 9.53 Å². The summed E-state index contributed by atoms with van der Waals surface area (Å²) in [6.07, 6.45) is -2.25. The van der Waals surface area contributed by atoms with Crippen LogP contribution in [0.25, 0.3) is 6.08 Å². The molecule has 0 bridgehead atoms. The Kier molecular flexibility index (Phi) is 7.44. The lowest BCUT2D eigenvalue weighted by atomic mass is 9.97. The third-order valence-corrected chi connectivity index (χ3v) is 6.35. The number of aliphatic imine (C=N–C) groups is 1. The Morgan fingerprint density at radius 1 is 1.12 bits per heavy atom. The molecule has 0 fully saturated rings. The SMILES string of the molecule is CC(C)=C1N=C(c2ccc(/C=C/C(c3cc(Cl)c(Cl)c(Cl)c3)C(F)(F)F)cc2Br)OC1=O. The van der Waals surface area contributed by atoms with Crippen LogP contribution in [0, 0.1) is 0 Å². The Morgan fingerprint density at radius 3 is 2.25 bits per heavy atom. The smallest absolute Gasteiger partial charge is 0.399 e. The van der Waals surface area contributed by atoms with Crippen molar-refractivity contribution >= 4 is 68.7 Å². The van der Waals surface area contributed by atoms with Gasteiger partial charge >= 0.3 is 12.1 Å². The monoisotopic (exact) mass is 565 g/mol. The highest BCUT2D eigenvalue weighted by molar-refractivity contribution is 9.10. The number of rotatable bonds is 4. The number of benzene rings is 2. The van der Waals surface area contributed by atoms with Gasteiger partial charge < -0.3 is 4.74 Å². The fourth-order valence-electron chi connectivity index (χ4n) is 2.92. The Bertz CT molecular complexity index is 1160. The van der Waals surface area contributed by atoms with Gasteiger partial charge in [0.1, 0.15) is 0 Å². The number of alkyl halides is 3. The summed E-state index contributed by atoms with van der Waals surface area (Å²) in [6, 6.07) is 7.07. The van der Waals surface area contributed by atoms with Gasteiger partial charge in [-0.1, -0.05) is 53.0 Å². The van der Waals surface area contributed by atoms with Gasteiger partial charge in [-0.25, -0.2) is 9.79 Å².